The van der Waals surface area contributed by atoms with Gasteiger partial charge in [0.1, 0.15) is 5.78 Å². The zero-order valence-electron chi connectivity index (χ0n) is 18.0. The van der Waals surface area contributed by atoms with Gasteiger partial charge < -0.3 is 10.2 Å². The molecule has 0 saturated carbocycles. The number of amides is 1. The molecule has 0 bridgehead atoms. The molecule has 1 saturated heterocycles. The number of fused-ring (bicyclic) bond motifs is 2. The Balaban J connectivity index is 1.98. The van der Waals surface area contributed by atoms with Gasteiger partial charge in [0.05, 0.1) is 11.5 Å². The number of ketones is 1. The molecule has 0 aromatic heterocycles. The second-order valence-electron chi connectivity index (χ2n) is 9.22. The summed E-state index contributed by atoms with van der Waals surface area (Å²) in [4.78, 5) is 28.8. The number of carbonyl (C=O) groups excluding carboxylic acids is 2. The standard InChI is InChI=1S/C25H29ClN2O2/c1-15(2)12-20-25(19-11-10-18(26)13-17(19)14-21(25)29)22(16-8-6-5-7-9-16)23(27-20)24(30)28(3)4/h5-11,13,15,20,22-23,27H,12,14H2,1-4H3/t20-,22+,23-,25-/m1/s1. The molecule has 1 aliphatic carbocycles. The molecule has 5 heteroatoms. The Labute approximate surface area is 183 Å². The average molecular weight is 425 g/mol. The van der Waals surface area contributed by atoms with Crippen LogP contribution in [0.2, 0.25) is 5.02 Å². The predicted octanol–water partition coefficient (Wildman–Crippen LogP) is 3.96. The summed E-state index contributed by atoms with van der Waals surface area (Å²) in [5.41, 5.74) is 2.26. The molecule has 4 nitrogen and oxygen atoms in total. The fourth-order valence-corrected chi connectivity index (χ4v) is 5.76. The first kappa shape index (κ1) is 21.1. The number of benzene rings is 2. The lowest BCUT2D eigenvalue weighted by molar-refractivity contribution is -0.131. The van der Waals surface area contributed by atoms with Crippen LogP contribution in [0, 0.1) is 5.92 Å². The summed E-state index contributed by atoms with van der Waals surface area (Å²) >= 11 is 6.27. The van der Waals surface area contributed by atoms with E-state index < -0.39 is 11.5 Å². The number of hydrogen-bond donors (Lipinski definition) is 1. The SMILES string of the molecule is CC(C)C[C@H]1N[C@@H](C(=O)N(C)C)[C@H](c2ccccc2)[C@@]12C(=O)Cc1cc(Cl)ccc12. The predicted molar refractivity (Wildman–Crippen MR) is 120 cm³/mol. The van der Waals surface area contributed by atoms with Crippen molar-refractivity contribution in [2.75, 3.05) is 14.1 Å². The summed E-state index contributed by atoms with van der Waals surface area (Å²) in [5, 5.41) is 4.27. The fraction of sp³-hybridized carbons (Fsp3) is 0.440. The molecule has 2 aliphatic rings. The summed E-state index contributed by atoms with van der Waals surface area (Å²) in [6.45, 7) is 4.33. The lowest BCUT2D eigenvalue weighted by Gasteiger charge is -2.37. The Morgan fingerprint density at radius 2 is 1.90 bits per heavy atom. The first-order chi connectivity index (χ1) is 14.3. The minimum absolute atomic E-state index is 0.00435. The van der Waals surface area contributed by atoms with Gasteiger partial charge in [-0.1, -0.05) is 61.8 Å². The lowest BCUT2D eigenvalue weighted by atomic mass is 9.63. The van der Waals surface area contributed by atoms with Crippen LogP contribution in [0.15, 0.2) is 48.5 Å². The fourth-order valence-electron chi connectivity index (χ4n) is 5.56. The van der Waals surface area contributed by atoms with Gasteiger partial charge >= 0.3 is 0 Å². The Kier molecular flexibility index (Phi) is 5.50. The van der Waals surface area contributed by atoms with E-state index in [0.29, 0.717) is 17.4 Å². The summed E-state index contributed by atoms with van der Waals surface area (Å²) in [7, 11) is 3.55. The number of rotatable bonds is 4. The highest BCUT2D eigenvalue weighted by Gasteiger charge is 2.64. The molecule has 30 heavy (non-hydrogen) atoms. The molecule has 2 aromatic rings. The van der Waals surface area contributed by atoms with Crippen molar-refractivity contribution >= 4 is 23.3 Å². The van der Waals surface area contributed by atoms with Gasteiger partial charge in [-0.05, 0) is 41.2 Å². The number of hydrogen-bond acceptors (Lipinski definition) is 3. The van der Waals surface area contributed by atoms with Gasteiger partial charge in [0.25, 0.3) is 0 Å². The van der Waals surface area contributed by atoms with Gasteiger partial charge in [-0.15, -0.1) is 0 Å². The first-order valence-corrected chi connectivity index (χ1v) is 11.0. The highest BCUT2D eigenvalue weighted by molar-refractivity contribution is 6.30. The molecular weight excluding hydrogens is 396 g/mol. The minimum Gasteiger partial charge on any atom is -0.347 e. The Morgan fingerprint density at radius 3 is 2.53 bits per heavy atom. The first-order valence-electron chi connectivity index (χ1n) is 10.6. The van der Waals surface area contributed by atoms with E-state index in [-0.39, 0.29) is 23.7 Å². The zero-order valence-corrected chi connectivity index (χ0v) is 18.7. The summed E-state index contributed by atoms with van der Waals surface area (Å²) in [6, 6.07) is 15.2. The summed E-state index contributed by atoms with van der Waals surface area (Å²) < 4.78 is 0. The van der Waals surface area contributed by atoms with E-state index in [1.54, 1.807) is 19.0 Å². The normalized spacial score (nSPS) is 27.7. The van der Waals surface area contributed by atoms with Crippen LogP contribution in [0.25, 0.3) is 0 Å². The quantitative estimate of drug-likeness (QED) is 0.808. The van der Waals surface area contributed by atoms with E-state index in [1.807, 2.05) is 48.5 Å². The maximum atomic E-state index is 13.9. The molecule has 1 spiro atoms. The number of nitrogens with zero attached hydrogens (tertiary/aromatic N) is 1. The number of likely N-dealkylation sites (N-methyl/N-ethyl adjacent to an activating group) is 1. The van der Waals surface area contributed by atoms with Gasteiger partial charge in [0.15, 0.2) is 0 Å². The van der Waals surface area contributed by atoms with Gasteiger partial charge in [0, 0.05) is 37.5 Å². The van der Waals surface area contributed by atoms with Crippen molar-refractivity contribution in [1.82, 2.24) is 10.2 Å². The van der Waals surface area contributed by atoms with E-state index in [0.717, 1.165) is 23.1 Å². The van der Waals surface area contributed by atoms with Gasteiger partial charge in [-0.2, -0.15) is 0 Å². The highest BCUT2D eigenvalue weighted by atomic mass is 35.5. The zero-order chi connectivity index (χ0) is 21.6. The van der Waals surface area contributed by atoms with Crippen molar-refractivity contribution in [1.29, 1.82) is 0 Å². The number of carbonyl (C=O) groups is 2. The van der Waals surface area contributed by atoms with Gasteiger partial charge in [-0.3, -0.25) is 9.59 Å². The second-order valence-corrected chi connectivity index (χ2v) is 9.65. The molecular formula is C25H29ClN2O2. The third-order valence-electron chi connectivity index (χ3n) is 6.65. The molecule has 4 rings (SSSR count). The van der Waals surface area contributed by atoms with Crippen LogP contribution in [0.3, 0.4) is 0 Å². The monoisotopic (exact) mass is 424 g/mol. The topological polar surface area (TPSA) is 49.4 Å². The number of Topliss-reactive ketones (excluding diaryl/α,β-unsaturated/α-hetero) is 1. The highest BCUT2D eigenvalue weighted by Crippen LogP contribution is 2.55. The van der Waals surface area contributed by atoms with E-state index in [4.69, 9.17) is 11.6 Å². The molecule has 158 valence electrons. The van der Waals surface area contributed by atoms with E-state index in [1.165, 1.54) is 0 Å². The summed E-state index contributed by atoms with van der Waals surface area (Å²) in [6.07, 6.45) is 1.17. The van der Waals surface area contributed by atoms with Crippen molar-refractivity contribution in [2.45, 2.75) is 50.1 Å². The number of halogens is 1. The van der Waals surface area contributed by atoms with Crippen LogP contribution in [0.1, 0.15) is 42.9 Å². The molecule has 0 unspecified atom stereocenters. The molecule has 1 amide bonds. The maximum Gasteiger partial charge on any atom is 0.239 e. The van der Waals surface area contributed by atoms with Crippen molar-refractivity contribution in [3.63, 3.8) is 0 Å². The van der Waals surface area contributed by atoms with E-state index >= 15 is 0 Å². The van der Waals surface area contributed by atoms with Crippen molar-refractivity contribution in [3.8, 4) is 0 Å². The third kappa shape index (κ3) is 3.17. The van der Waals surface area contributed by atoms with Gasteiger partial charge in [0.2, 0.25) is 5.91 Å². The van der Waals surface area contributed by atoms with Crippen LogP contribution < -0.4 is 5.32 Å². The molecule has 1 heterocycles. The molecule has 1 N–H and O–H groups in total. The van der Waals surface area contributed by atoms with Crippen LogP contribution in [-0.4, -0.2) is 42.8 Å². The average Bonchev–Trinajstić information content (AvgIpc) is 3.17. The van der Waals surface area contributed by atoms with E-state index in [2.05, 4.69) is 19.2 Å². The van der Waals surface area contributed by atoms with Crippen molar-refractivity contribution in [2.24, 2.45) is 5.92 Å². The summed E-state index contributed by atoms with van der Waals surface area (Å²) in [5.74, 6) is 0.297. The van der Waals surface area contributed by atoms with Crippen LogP contribution >= 0.6 is 11.6 Å². The molecule has 2 aromatic carbocycles. The van der Waals surface area contributed by atoms with Crippen LogP contribution in [0.4, 0.5) is 0 Å². The Hall–Kier alpha value is -2.17. The van der Waals surface area contributed by atoms with Gasteiger partial charge in [-0.25, -0.2) is 0 Å². The lowest BCUT2D eigenvalue weighted by Crippen LogP contribution is -2.47. The Morgan fingerprint density at radius 1 is 1.20 bits per heavy atom. The second kappa shape index (κ2) is 7.82. The maximum absolute atomic E-state index is 13.9. The molecule has 1 fully saturated rings. The molecule has 0 radical (unpaired) electrons. The Bertz CT molecular complexity index is 972. The molecule has 1 aliphatic heterocycles. The van der Waals surface area contributed by atoms with Crippen molar-refractivity contribution in [3.05, 3.63) is 70.2 Å². The van der Waals surface area contributed by atoms with Crippen molar-refractivity contribution < 1.29 is 9.59 Å². The molecule has 4 atom stereocenters. The minimum atomic E-state index is -0.776. The van der Waals surface area contributed by atoms with Crippen LogP contribution in [-0.2, 0) is 21.4 Å². The number of nitrogens with one attached hydrogen (secondary N) is 1. The smallest absolute Gasteiger partial charge is 0.239 e. The van der Waals surface area contributed by atoms with E-state index in [9.17, 15) is 9.59 Å². The van der Waals surface area contributed by atoms with Crippen LogP contribution in [0.5, 0.6) is 0 Å². The largest absolute Gasteiger partial charge is 0.347 e. The third-order valence-corrected chi connectivity index (χ3v) is 6.89.